The minimum absolute atomic E-state index is 0.265. The fourth-order valence-corrected chi connectivity index (χ4v) is 1.01. The molecule has 0 aromatic heterocycles. The number of benzene rings is 1. The molecular formula is C9H11F2N. The van der Waals surface area contributed by atoms with Crippen molar-refractivity contribution >= 4 is 5.69 Å². The summed E-state index contributed by atoms with van der Waals surface area (Å²) >= 11 is 0. The molecule has 0 saturated heterocycles. The Bertz CT molecular complexity index is 261. The molecule has 0 aliphatic heterocycles. The van der Waals surface area contributed by atoms with Gasteiger partial charge in [0.15, 0.2) is 0 Å². The van der Waals surface area contributed by atoms with Crippen molar-refractivity contribution in [1.82, 2.24) is 0 Å². The smallest absolute Gasteiger partial charge is 0.123 e. The molecule has 0 bridgehead atoms. The molecule has 0 spiro atoms. The van der Waals surface area contributed by atoms with Crippen LogP contribution in [0, 0.1) is 12.7 Å². The number of aryl methyl sites for hydroxylation is 1. The highest BCUT2D eigenvalue weighted by molar-refractivity contribution is 5.50. The Kier molecular flexibility index (Phi) is 3.02. The van der Waals surface area contributed by atoms with Gasteiger partial charge < -0.3 is 5.32 Å². The van der Waals surface area contributed by atoms with E-state index in [1.165, 1.54) is 12.1 Å². The van der Waals surface area contributed by atoms with Crippen LogP contribution in [0.2, 0.25) is 0 Å². The summed E-state index contributed by atoms with van der Waals surface area (Å²) in [6, 6.07) is 4.38. The van der Waals surface area contributed by atoms with E-state index in [1.54, 1.807) is 13.0 Å². The second-order valence-electron chi connectivity index (χ2n) is 2.58. The average molecular weight is 171 g/mol. The highest BCUT2D eigenvalue weighted by Crippen LogP contribution is 2.14. The van der Waals surface area contributed by atoms with Crippen molar-refractivity contribution in [3.63, 3.8) is 0 Å². The minimum Gasteiger partial charge on any atom is -0.382 e. The molecule has 1 rings (SSSR count). The normalized spacial score (nSPS) is 9.92. The van der Waals surface area contributed by atoms with E-state index in [0.29, 0.717) is 0 Å². The van der Waals surface area contributed by atoms with Gasteiger partial charge >= 0.3 is 0 Å². The molecule has 0 fully saturated rings. The minimum atomic E-state index is -0.420. The first-order valence-electron chi connectivity index (χ1n) is 3.80. The van der Waals surface area contributed by atoms with Crippen molar-refractivity contribution in [2.45, 2.75) is 6.92 Å². The zero-order valence-electron chi connectivity index (χ0n) is 6.90. The second-order valence-corrected chi connectivity index (χ2v) is 2.58. The summed E-state index contributed by atoms with van der Waals surface area (Å²) in [5, 5.41) is 2.85. The van der Waals surface area contributed by atoms with Gasteiger partial charge in [-0.2, -0.15) is 0 Å². The number of nitrogens with one attached hydrogen (secondary N) is 1. The van der Waals surface area contributed by atoms with Gasteiger partial charge in [-0.3, -0.25) is 0 Å². The van der Waals surface area contributed by atoms with E-state index in [1.807, 2.05) is 0 Å². The van der Waals surface area contributed by atoms with Gasteiger partial charge in [0.2, 0.25) is 0 Å². The van der Waals surface area contributed by atoms with Crippen LogP contribution in [-0.4, -0.2) is 13.2 Å². The zero-order chi connectivity index (χ0) is 8.97. The van der Waals surface area contributed by atoms with Gasteiger partial charge in [0.05, 0.1) is 0 Å². The van der Waals surface area contributed by atoms with E-state index >= 15 is 0 Å². The highest BCUT2D eigenvalue weighted by Gasteiger charge is 1.97. The molecule has 0 amide bonds. The number of halogens is 2. The third-order valence-corrected chi connectivity index (χ3v) is 1.60. The lowest BCUT2D eigenvalue weighted by molar-refractivity contribution is 0.512. The summed E-state index contributed by atoms with van der Waals surface area (Å²) in [4.78, 5) is 0. The first-order chi connectivity index (χ1) is 5.74. The van der Waals surface area contributed by atoms with Crippen molar-refractivity contribution in [2.24, 2.45) is 0 Å². The van der Waals surface area contributed by atoms with Crippen LogP contribution in [0.3, 0.4) is 0 Å². The Labute approximate surface area is 70.4 Å². The maximum Gasteiger partial charge on any atom is 0.123 e. The van der Waals surface area contributed by atoms with Gasteiger partial charge in [-0.25, -0.2) is 8.78 Å². The van der Waals surface area contributed by atoms with Crippen molar-refractivity contribution in [3.8, 4) is 0 Å². The number of rotatable bonds is 3. The van der Waals surface area contributed by atoms with Gasteiger partial charge in [0.25, 0.3) is 0 Å². The van der Waals surface area contributed by atoms with Gasteiger partial charge in [-0.1, -0.05) is 0 Å². The van der Waals surface area contributed by atoms with Crippen molar-refractivity contribution in [2.75, 3.05) is 18.5 Å². The lowest BCUT2D eigenvalue weighted by Gasteiger charge is -2.06. The van der Waals surface area contributed by atoms with Gasteiger partial charge in [-0.05, 0) is 30.7 Å². The Balaban J connectivity index is 2.72. The van der Waals surface area contributed by atoms with E-state index in [2.05, 4.69) is 5.32 Å². The van der Waals surface area contributed by atoms with Crippen LogP contribution in [0.15, 0.2) is 18.2 Å². The molecule has 1 aromatic carbocycles. The Morgan fingerprint density at radius 2 is 2.17 bits per heavy atom. The van der Waals surface area contributed by atoms with E-state index in [4.69, 9.17) is 0 Å². The predicted octanol–water partition coefficient (Wildman–Crippen LogP) is 2.52. The van der Waals surface area contributed by atoms with Crippen LogP contribution in [0.25, 0.3) is 0 Å². The highest BCUT2D eigenvalue weighted by atomic mass is 19.1. The molecule has 0 atom stereocenters. The zero-order valence-corrected chi connectivity index (χ0v) is 6.90. The quantitative estimate of drug-likeness (QED) is 0.736. The monoisotopic (exact) mass is 171 g/mol. The molecule has 0 unspecified atom stereocenters. The molecule has 1 nitrogen and oxygen atoms in total. The fourth-order valence-electron chi connectivity index (χ4n) is 1.01. The first-order valence-corrected chi connectivity index (χ1v) is 3.80. The number of alkyl halides is 1. The SMILES string of the molecule is Cc1cc(F)ccc1NCCF. The number of hydrogen-bond acceptors (Lipinski definition) is 1. The van der Waals surface area contributed by atoms with Gasteiger partial charge in [0, 0.05) is 12.2 Å². The first kappa shape index (κ1) is 8.97. The van der Waals surface area contributed by atoms with E-state index in [0.717, 1.165) is 11.3 Å². The molecule has 1 N–H and O–H groups in total. The molecule has 0 aliphatic rings. The summed E-state index contributed by atoms with van der Waals surface area (Å²) in [7, 11) is 0. The average Bonchev–Trinajstić information content (AvgIpc) is 2.03. The second kappa shape index (κ2) is 4.04. The van der Waals surface area contributed by atoms with Gasteiger partial charge in [-0.15, -0.1) is 0 Å². The van der Waals surface area contributed by atoms with Gasteiger partial charge in [0.1, 0.15) is 12.5 Å². The maximum absolute atomic E-state index is 12.6. The summed E-state index contributed by atoms with van der Waals surface area (Å²) in [6.45, 7) is 1.63. The van der Waals surface area contributed by atoms with Crippen molar-refractivity contribution in [1.29, 1.82) is 0 Å². The van der Waals surface area contributed by atoms with Crippen LogP contribution in [0.1, 0.15) is 5.56 Å². The molecule has 1 aromatic rings. The molecule has 0 aliphatic carbocycles. The molecule has 3 heteroatoms. The topological polar surface area (TPSA) is 12.0 Å². The van der Waals surface area contributed by atoms with Crippen LogP contribution >= 0.6 is 0 Å². The summed E-state index contributed by atoms with van der Waals surface area (Å²) in [5.41, 5.74) is 1.58. The van der Waals surface area contributed by atoms with E-state index in [9.17, 15) is 8.78 Å². The Morgan fingerprint density at radius 1 is 1.42 bits per heavy atom. The molecule has 0 heterocycles. The third kappa shape index (κ3) is 2.19. The molecule has 12 heavy (non-hydrogen) atoms. The largest absolute Gasteiger partial charge is 0.382 e. The van der Waals surface area contributed by atoms with Crippen LogP contribution in [-0.2, 0) is 0 Å². The fraction of sp³-hybridized carbons (Fsp3) is 0.333. The van der Waals surface area contributed by atoms with Crippen molar-refractivity contribution in [3.05, 3.63) is 29.6 Å². The number of hydrogen-bond donors (Lipinski definition) is 1. The summed E-state index contributed by atoms with van der Waals surface area (Å²) in [6.07, 6.45) is 0. The Morgan fingerprint density at radius 3 is 2.75 bits per heavy atom. The molecule has 0 saturated carbocycles. The third-order valence-electron chi connectivity index (χ3n) is 1.60. The van der Waals surface area contributed by atoms with Crippen LogP contribution in [0.5, 0.6) is 0 Å². The standard InChI is InChI=1S/C9H11F2N/c1-7-6-8(11)2-3-9(7)12-5-4-10/h2-3,6,12H,4-5H2,1H3. The molecule has 0 radical (unpaired) electrons. The van der Waals surface area contributed by atoms with Crippen molar-refractivity contribution < 1.29 is 8.78 Å². The lowest BCUT2D eigenvalue weighted by Crippen LogP contribution is -2.04. The Hall–Kier alpha value is -1.12. The summed E-state index contributed by atoms with van der Waals surface area (Å²) < 4.78 is 24.3. The molecule has 66 valence electrons. The predicted molar refractivity (Wildman–Crippen MR) is 45.6 cm³/mol. The van der Waals surface area contributed by atoms with Crippen LogP contribution < -0.4 is 5.32 Å². The van der Waals surface area contributed by atoms with Crippen LogP contribution in [0.4, 0.5) is 14.5 Å². The summed E-state index contributed by atoms with van der Waals surface area (Å²) in [5.74, 6) is -0.265. The maximum atomic E-state index is 12.6. The lowest BCUT2D eigenvalue weighted by atomic mass is 10.2. The van der Waals surface area contributed by atoms with E-state index < -0.39 is 6.67 Å². The number of anilines is 1. The molecular weight excluding hydrogens is 160 g/mol. The van der Waals surface area contributed by atoms with E-state index in [-0.39, 0.29) is 12.4 Å².